The molecular formula is C16H24N2O. The van der Waals surface area contributed by atoms with Crippen LogP contribution >= 0.6 is 0 Å². The Morgan fingerprint density at radius 3 is 2.79 bits per heavy atom. The summed E-state index contributed by atoms with van der Waals surface area (Å²) in [6, 6.07) is 9.59. The van der Waals surface area contributed by atoms with Crippen LogP contribution in [0, 0.1) is 6.92 Å². The first-order chi connectivity index (χ1) is 9.31. The van der Waals surface area contributed by atoms with Crippen molar-refractivity contribution in [3.63, 3.8) is 0 Å². The number of rotatable bonds is 5. The van der Waals surface area contributed by atoms with Gasteiger partial charge in [0.15, 0.2) is 0 Å². The van der Waals surface area contributed by atoms with Crippen LogP contribution in [0.1, 0.15) is 24.0 Å². The zero-order valence-electron chi connectivity index (χ0n) is 11.8. The minimum absolute atomic E-state index is 0.361. The molecule has 1 atom stereocenters. The maximum Gasteiger partial charge on any atom is 0.0826 e. The van der Waals surface area contributed by atoms with E-state index in [-0.39, 0.29) is 0 Å². The number of nitrogens with zero attached hydrogens (tertiary/aromatic N) is 1. The molecule has 104 valence electrons. The fraction of sp³-hybridized carbons (Fsp3) is 0.625. The molecule has 0 bridgehead atoms. The maximum absolute atomic E-state index is 5.84. The summed E-state index contributed by atoms with van der Waals surface area (Å²) in [6.07, 6.45) is 3.15. The molecule has 1 unspecified atom stereocenters. The van der Waals surface area contributed by atoms with Crippen molar-refractivity contribution in [3.8, 4) is 0 Å². The van der Waals surface area contributed by atoms with Crippen molar-refractivity contribution >= 4 is 0 Å². The summed E-state index contributed by atoms with van der Waals surface area (Å²) in [5.74, 6) is 0. The number of nitrogens with one attached hydrogen (secondary N) is 1. The number of benzene rings is 1. The zero-order chi connectivity index (χ0) is 13.1. The third-order valence-corrected chi connectivity index (χ3v) is 4.06. The Hall–Kier alpha value is -0.900. The summed E-state index contributed by atoms with van der Waals surface area (Å²) in [6.45, 7) is 7.14. The minimum atomic E-state index is 0.361. The largest absolute Gasteiger partial charge is 0.374 e. The van der Waals surface area contributed by atoms with E-state index in [1.807, 2.05) is 0 Å². The molecule has 2 fully saturated rings. The van der Waals surface area contributed by atoms with Crippen LogP contribution < -0.4 is 5.32 Å². The van der Waals surface area contributed by atoms with Gasteiger partial charge in [-0.25, -0.2) is 0 Å². The second kappa shape index (κ2) is 6.04. The van der Waals surface area contributed by atoms with Crippen LogP contribution in [0.25, 0.3) is 0 Å². The lowest BCUT2D eigenvalue weighted by Gasteiger charge is -2.33. The smallest absolute Gasteiger partial charge is 0.0826 e. The van der Waals surface area contributed by atoms with Gasteiger partial charge in [0.1, 0.15) is 0 Å². The quantitative estimate of drug-likeness (QED) is 0.876. The number of morpholine rings is 1. The predicted molar refractivity (Wildman–Crippen MR) is 77.2 cm³/mol. The second-order valence-electron chi connectivity index (χ2n) is 5.84. The van der Waals surface area contributed by atoms with Gasteiger partial charge >= 0.3 is 0 Å². The van der Waals surface area contributed by atoms with Gasteiger partial charge in [-0.1, -0.05) is 29.8 Å². The summed E-state index contributed by atoms with van der Waals surface area (Å²) in [4.78, 5) is 2.60. The van der Waals surface area contributed by atoms with E-state index >= 15 is 0 Å². The van der Waals surface area contributed by atoms with E-state index in [4.69, 9.17) is 4.74 Å². The van der Waals surface area contributed by atoms with Gasteiger partial charge in [0, 0.05) is 32.2 Å². The molecule has 3 nitrogen and oxygen atoms in total. The van der Waals surface area contributed by atoms with E-state index in [2.05, 4.69) is 41.4 Å². The Bertz CT molecular complexity index is 400. The van der Waals surface area contributed by atoms with Crippen molar-refractivity contribution < 1.29 is 4.74 Å². The monoisotopic (exact) mass is 260 g/mol. The van der Waals surface area contributed by atoms with E-state index in [1.54, 1.807) is 0 Å². The zero-order valence-corrected chi connectivity index (χ0v) is 11.8. The maximum atomic E-state index is 5.84. The SMILES string of the molecule is Cc1ccc(CNCC2CN(C3CC3)CCO2)cc1. The molecule has 2 aliphatic rings. The van der Waals surface area contributed by atoms with Crippen LogP contribution in [0.15, 0.2) is 24.3 Å². The predicted octanol–water partition coefficient (Wildman–Crippen LogP) is 1.95. The van der Waals surface area contributed by atoms with Gasteiger partial charge in [0.2, 0.25) is 0 Å². The molecule has 3 rings (SSSR count). The summed E-state index contributed by atoms with van der Waals surface area (Å²) < 4.78 is 5.84. The van der Waals surface area contributed by atoms with Crippen LogP contribution in [0.3, 0.4) is 0 Å². The average Bonchev–Trinajstić information content (AvgIpc) is 3.26. The molecule has 1 aromatic carbocycles. The van der Waals surface area contributed by atoms with Crippen molar-refractivity contribution in [2.45, 2.75) is 38.5 Å². The number of ether oxygens (including phenoxy) is 1. The minimum Gasteiger partial charge on any atom is -0.374 e. The fourth-order valence-corrected chi connectivity index (χ4v) is 2.72. The normalized spacial score (nSPS) is 24.6. The van der Waals surface area contributed by atoms with Crippen LogP contribution in [-0.4, -0.2) is 43.3 Å². The van der Waals surface area contributed by atoms with E-state index in [0.717, 1.165) is 38.8 Å². The molecule has 1 aromatic rings. The van der Waals surface area contributed by atoms with E-state index in [9.17, 15) is 0 Å². The van der Waals surface area contributed by atoms with Crippen molar-refractivity contribution in [2.75, 3.05) is 26.2 Å². The number of hydrogen-bond donors (Lipinski definition) is 1. The Morgan fingerprint density at radius 1 is 1.26 bits per heavy atom. The highest BCUT2D eigenvalue weighted by Gasteiger charge is 2.32. The molecule has 0 radical (unpaired) electrons. The molecule has 3 heteroatoms. The van der Waals surface area contributed by atoms with Crippen molar-refractivity contribution in [1.29, 1.82) is 0 Å². The number of hydrogen-bond acceptors (Lipinski definition) is 3. The van der Waals surface area contributed by atoms with Crippen molar-refractivity contribution in [3.05, 3.63) is 35.4 Å². The molecule has 1 saturated carbocycles. The second-order valence-corrected chi connectivity index (χ2v) is 5.84. The standard InChI is InChI=1S/C16H24N2O/c1-13-2-4-14(5-3-13)10-17-11-16-12-18(8-9-19-16)15-6-7-15/h2-5,15-17H,6-12H2,1H3. The average molecular weight is 260 g/mol. The first-order valence-corrected chi connectivity index (χ1v) is 7.43. The van der Waals surface area contributed by atoms with Gasteiger partial charge in [-0.15, -0.1) is 0 Å². The molecule has 0 spiro atoms. The Morgan fingerprint density at radius 2 is 2.05 bits per heavy atom. The van der Waals surface area contributed by atoms with Gasteiger partial charge in [0.25, 0.3) is 0 Å². The van der Waals surface area contributed by atoms with E-state index in [1.165, 1.54) is 24.0 Å². The van der Waals surface area contributed by atoms with Crippen LogP contribution in [0.2, 0.25) is 0 Å². The third-order valence-electron chi connectivity index (χ3n) is 4.06. The Labute approximate surface area is 115 Å². The lowest BCUT2D eigenvalue weighted by molar-refractivity contribution is -0.0301. The highest BCUT2D eigenvalue weighted by molar-refractivity contribution is 5.21. The first-order valence-electron chi connectivity index (χ1n) is 7.43. The molecule has 1 N–H and O–H groups in total. The molecule has 0 amide bonds. The highest BCUT2D eigenvalue weighted by atomic mass is 16.5. The molecule has 1 aliphatic carbocycles. The van der Waals surface area contributed by atoms with Gasteiger partial charge in [-0.3, -0.25) is 4.90 Å². The molecule has 0 aromatic heterocycles. The molecule has 1 saturated heterocycles. The van der Waals surface area contributed by atoms with E-state index < -0.39 is 0 Å². The molecular weight excluding hydrogens is 236 g/mol. The third kappa shape index (κ3) is 3.78. The molecule has 1 heterocycles. The Kier molecular flexibility index (Phi) is 4.16. The van der Waals surface area contributed by atoms with Crippen LogP contribution in [-0.2, 0) is 11.3 Å². The van der Waals surface area contributed by atoms with Gasteiger partial charge in [-0.05, 0) is 25.3 Å². The highest BCUT2D eigenvalue weighted by Crippen LogP contribution is 2.28. The van der Waals surface area contributed by atoms with Gasteiger partial charge in [-0.2, -0.15) is 0 Å². The van der Waals surface area contributed by atoms with Gasteiger partial charge in [0.05, 0.1) is 12.7 Å². The molecule has 1 aliphatic heterocycles. The lowest BCUT2D eigenvalue weighted by Crippen LogP contribution is -2.47. The summed E-state index contributed by atoms with van der Waals surface area (Å²) in [5.41, 5.74) is 2.67. The first kappa shape index (κ1) is 13.1. The Balaban J connectivity index is 1.40. The molecule has 19 heavy (non-hydrogen) atoms. The lowest BCUT2D eigenvalue weighted by atomic mass is 10.1. The fourth-order valence-electron chi connectivity index (χ4n) is 2.72. The van der Waals surface area contributed by atoms with Crippen molar-refractivity contribution in [1.82, 2.24) is 10.2 Å². The van der Waals surface area contributed by atoms with Gasteiger partial charge < -0.3 is 10.1 Å². The van der Waals surface area contributed by atoms with Crippen molar-refractivity contribution in [2.24, 2.45) is 0 Å². The van der Waals surface area contributed by atoms with Crippen LogP contribution in [0.4, 0.5) is 0 Å². The van der Waals surface area contributed by atoms with E-state index in [0.29, 0.717) is 6.10 Å². The summed E-state index contributed by atoms with van der Waals surface area (Å²) in [5, 5.41) is 3.52. The summed E-state index contributed by atoms with van der Waals surface area (Å²) in [7, 11) is 0. The summed E-state index contributed by atoms with van der Waals surface area (Å²) >= 11 is 0. The number of aryl methyl sites for hydroxylation is 1. The topological polar surface area (TPSA) is 24.5 Å². The van der Waals surface area contributed by atoms with Crippen LogP contribution in [0.5, 0.6) is 0 Å².